The molecule has 0 atom stereocenters. The van der Waals surface area contributed by atoms with E-state index in [2.05, 4.69) is 31.1 Å². The van der Waals surface area contributed by atoms with E-state index in [9.17, 15) is 9.59 Å². The number of hydrogen-bond acceptors (Lipinski definition) is 8. The van der Waals surface area contributed by atoms with Crippen molar-refractivity contribution >= 4 is 12.2 Å². The molecule has 0 unspecified atom stereocenters. The van der Waals surface area contributed by atoms with Crippen LogP contribution in [0.1, 0.15) is 47.5 Å². The Labute approximate surface area is 202 Å². The highest BCUT2D eigenvalue weighted by Gasteiger charge is 2.35. The van der Waals surface area contributed by atoms with E-state index in [4.69, 9.17) is 18.9 Å². The standard InChI is InChI=1S/C14H27NO6.C8H18N2.C2H6/c1-14(17)3-5-18-7-9-20-11-12-21-10-8-19-6-4-15(2)13-16;1-4-5-9-8(2)6-10(3)7-8;1-2/h13H,3-12H2,1-2H3;9H,4-7H2,1-3H3;1-2H3. The summed E-state index contributed by atoms with van der Waals surface area (Å²) < 4.78 is 21.1. The highest BCUT2D eigenvalue weighted by Crippen LogP contribution is 2.17. The summed E-state index contributed by atoms with van der Waals surface area (Å²) in [6.45, 7) is 18.1. The molecule has 1 aliphatic heterocycles. The van der Waals surface area contributed by atoms with Gasteiger partial charge >= 0.3 is 0 Å². The summed E-state index contributed by atoms with van der Waals surface area (Å²) >= 11 is 0. The van der Waals surface area contributed by atoms with Crippen molar-refractivity contribution in [2.45, 2.75) is 53.0 Å². The van der Waals surface area contributed by atoms with Gasteiger partial charge in [-0.15, -0.1) is 0 Å². The molecule has 0 aromatic heterocycles. The molecule has 1 fully saturated rings. The van der Waals surface area contributed by atoms with Crippen LogP contribution in [0.25, 0.3) is 0 Å². The second-order valence-corrected chi connectivity index (χ2v) is 8.15. The van der Waals surface area contributed by atoms with Gasteiger partial charge in [0, 0.05) is 38.6 Å². The van der Waals surface area contributed by atoms with Gasteiger partial charge in [-0.05, 0) is 33.9 Å². The van der Waals surface area contributed by atoms with E-state index >= 15 is 0 Å². The van der Waals surface area contributed by atoms with Crippen LogP contribution in [0, 0.1) is 0 Å². The lowest BCUT2D eigenvalue weighted by Crippen LogP contribution is -2.66. The number of rotatable bonds is 19. The van der Waals surface area contributed by atoms with Crippen LogP contribution < -0.4 is 5.32 Å². The lowest BCUT2D eigenvalue weighted by molar-refractivity contribution is -0.118. The molecule has 1 aliphatic rings. The van der Waals surface area contributed by atoms with Crippen LogP contribution in [0.4, 0.5) is 0 Å². The molecular weight excluding hydrogens is 426 g/mol. The summed E-state index contributed by atoms with van der Waals surface area (Å²) in [5, 5.41) is 3.53. The van der Waals surface area contributed by atoms with Crippen LogP contribution in [-0.4, -0.2) is 121 Å². The van der Waals surface area contributed by atoms with Crippen molar-refractivity contribution in [3.8, 4) is 0 Å². The Morgan fingerprint density at radius 1 is 0.970 bits per heavy atom. The van der Waals surface area contributed by atoms with Gasteiger partial charge in [-0.3, -0.25) is 9.59 Å². The maximum Gasteiger partial charge on any atom is 0.209 e. The summed E-state index contributed by atoms with van der Waals surface area (Å²) in [6.07, 6.45) is 2.45. The molecule has 198 valence electrons. The first kappa shape index (κ1) is 34.1. The minimum absolute atomic E-state index is 0.129. The summed E-state index contributed by atoms with van der Waals surface area (Å²) in [7, 11) is 3.86. The molecule has 0 aromatic carbocycles. The number of ether oxygens (including phenoxy) is 4. The van der Waals surface area contributed by atoms with E-state index in [0.29, 0.717) is 71.4 Å². The van der Waals surface area contributed by atoms with Crippen LogP contribution >= 0.6 is 0 Å². The molecule has 1 rings (SSSR count). The molecule has 0 aromatic rings. The van der Waals surface area contributed by atoms with Crippen molar-refractivity contribution in [1.29, 1.82) is 0 Å². The molecule has 9 heteroatoms. The van der Waals surface area contributed by atoms with E-state index in [-0.39, 0.29) is 5.78 Å². The zero-order valence-corrected chi connectivity index (χ0v) is 22.3. The first-order valence-electron chi connectivity index (χ1n) is 12.2. The SMILES string of the molecule is CC.CC(=O)CCOCCOCCOCCOCCN(C)C=O.CCCNC1(C)CN(C)C1. The van der Waals surface area contributed by atoms with Gasteiger partial charge in [-0.1, -0.05) is 20.8 Å². The quantitative estimate of drug-likeness (QED) is 0.223. The van der Waals surface area contributed by atoms with E-state index < -0.39 is 0 Å². The molecule has 0 bridgehead atoms. The van der Waals surface area contributed by atoms with Gasteiger partial charge in [-0.25, -0.2) is 0 Å². The number of Topliss-reactive ketones (excluding diaryl/α,β-unsaturated/α-hetero) is 1. The van der Waals surface area contributed by atoms with Crippen LogP contribution in [0.15, 0.2) is 0 Å². The number of amides is 1. The minimum atomic E-state index is 0.129. The average molecular weight is 478 g/mol. The number of nitrogens with one attached hydrogen (secondary N) is 1. The van der Waals surface area contributed by atoms with Gasteiger partial charge in [0.15, 0.2) is 0 Å². The third-order valence-corrected chi connectivity index (χ3v) is 4.52. The number of hydrogen-bond donors (Lipinski definition) is 1. The number of carbonyl (C=O) groups excluding carboxylic acids is 2. The van der Waals surface area contributed by atoms with Crippen LogP contribution in [-0.2, 0) is 28.5 Å². The second-order valence-electron chi connectivity index (χ2n) is 8.15. The molecule has 9 nitrogen and oxygen atoms in total. The first-order valence-corrected chi connectivity index (χ1v) is 12.2. The Morgan fingerprint density at radius 2 is 1.42 bits per heavy atom. The highest BCUT2D eigenvalue weighted by molar-refractivity contribution is 5.75. The monoisotopic (exact) mass is 477 g/mol. The van der Waals surface area contributed by atoms with Gasteiger partial charge in [0.25, 0.3) is 0 Å². The number of nitrogens with zero attached hydrogens (tertiary/aromatic N) is 2. The lowest BCUT2D eigenvalue weighted by atomic mass is 9.93. The predicted molar refractivity (Wildman–Crippen MR) is 133 cm³/mol. The van der Waals surface area contributed by atoms with Crippen LogP contribution in [0.2, 0.25) is 0 Å². The fourth-order valence-corrected chi connectivity index (χ4v) is 2.92. The molecular formula is C24H51N3O6. The van der Waals surface area contributed by atoms with Gasteiger partial charge in [0.05, 0.1) is 52.9 Å². The minimum Gasteiger partial charge on any atom is -0.379 e. The van der Waals surface area contributed by atoms with Crippen molar-refractivity contribution in [3.63, 3.8) is 0 Å². The van der Waals surface area contributed by atoms with Gasteiger partial charge < -0.3 is 34.1 Å². The zero-order valence-electron chi connectivity index (χ0n) is 22.3. The number of ketones is 1. The number of likely N-dealkylation sites (N-methyl/N-ethyl adjacent to an activating group) is 2. The summed E-state index contributed by atoms with van der Waals surface area (Å²) in [4.78, 5) is 24.8. The predicted octanol–water partition coefficient (Wildman–Crippen LogP) is 1.84. The van der Waals surface area contributed by atoms with Crippen molar-refractivity contribution in [3.05, 3.63) is 0 Å². The topological polar surface area (TPSA) is 89.6 Å². The fraction of sp³-hybridized carbons (Fsp3) is 0.917. The first-order chi connectivity index (χ1) is 15.8. The molecule has 0 radical (unpaired) electrons. The smallest absolute Gasteiger partial charge is 0.209 e. The number of carbonyl (C=O) groups is 2. The van der Waals surface area contributed by atoms with E-state index in [1.165, 1.54) is 24.4 Å². The normalized spacial score (nSPS) is 14.3. The van der Waals surface area contributed by atoms with Crippen LogP contribution in [0.3, 0.4) is 0 Å². The zero-order chi connectivity index (χ0) is 25.4. The Hall–Kier alpha value is -1.10. The molecule has 33 heavy (non-hydrogen) atoms. The molecule has 1 amide bonds. The van der Waals surface area contributed by atoms with Gasteiger partial charge in [-0.2, -0.15) is 0 Å². The maximum absolute atomic E-state index is 10.6. The van der Waals surface area contributed by atoms with Gasteiger partial charge in [0.2, 0.25) is 6.41 Å². The molecule has 1 saturated heterocycles. The third kappa shape index (κ3) is 23.8. The maximum atomic E-state index is 10.6. The van der Waals surface area contributed by atoms with E-state index in [1.807, 2.05) is 13.8 Å². The highest BCUT2D eigenvalue weighted by atomic mass is 16.6. The van der Waals surface area contributed by atoms with Gasteiger partial charge in [0.1, 0.15) is 5.78 Å². The molecule has 1 heterocycles. The summed E-state index contributed by atoms with van der Waals surface area (Å²) in [6, 6.07) is 0. The Bertz CT molecular complexity index is 448. The molecule has 1 N–H and O–H groups in total. The van der Waals surface area contributed by atoms with Crippen molar-refractivity contribution in [1.82, 2.24) is 15.1 Å². The Balaban J connectivity index is 0. The number of likely N-dealkylation sites (tertiary alicyclic amines) is 1. The summed E-state index contributed by atoms with van der Waals surface area (Å²) in [5.41, 5.74) is 0.421. The third-order valence-electron chi connectivity index (χ3n) is 4.52. The second kappa shape index (κ2) is 24.0. The molecule has 0 aliphatic carbocycles. The van der Waals surface area contributed by atoms with Crippen LogP contribution in [0.5, 0.6) is 0 Å². The lowest BCUT2D eigenvalue weighted by Gasteiger charge is -2.46. The average Bonchev–Trinajstić information content (AvgIpc) is 2.78. The largest absolute Gasteiger partial charge is 0.379 e. The summed E-state index contributed by atoms with van der Waals surface area (Å²) in [5.74, 6) is 0.129. The van der Waals surface area contributed by atoms with E-state index in [1.54, 1.807) is 14.0 Å². The van der Waals surface area contributed by atoms with Crippen molar-refractivity contribution in [2.75, 3.05) is 93.1 Å². The molecule has 0 saturated carbocycles. The fourth-order valence-electron chi connectivity index (χ4n) is 2.92. The molecule has 0 spiro atoms. The van der Waals surface area contributed by atoms with Crippen molar-refractivity contribution < 1.29 is 28.5 Å². The van der Waals surface area contributed by atoms with Crippen molar-refractivity contribution in [2.24, 2.45) is 0 Å². The Kier molecular flexibility index (Phi) is 24.8. The van der Waals surface area contributed by atoms with E-state index in [0.717, 1.165) is 13.0 Å². The Morgan fingerprint density at radius 3 is 1.82 bits per heavy atom.